The number of amides is 1. The molecule has 14 heavy (non-hydrogen) atoms. The van der Waals surface area contributed by atoms with Gasteiger partial charge in [-0.25, -0.2) is 0 Å². The Morgan fingerprint density at radius 3 is 2.29 bits per heavy atom. The van der Waals surface area contributed by atoms with Crippen LogP contribution in [-0.2, 0) is 0 Å². The Bertz CT molecular complexity index is 235. The van der Waals surface area contributed by atoms with Gasteiger partial charge in [0.1, 0.15) is 0 Å². The summed E-state index contributed by atoms with van der Waals surface area (Å²) in [5.41, 5.74) is 0.481. The molecule has 1 heterocycles. The summed E-state index contributed by atoms with van der Waals surface area (Å²) in [6.45, 7) is 10.5. The van der Waals surface area contributed by atoms with Gasteiger partial charge in [0.25, 0.3) is 0 Å². The Hall–Kier alpha value is -0.240. The summed E-state index contributed by atoms with van der Waals surface area (Å²) in [4.78, 5) is 12.9. The third-order valence-corrected chi connectivity index (χ3v) is 3.12. The zero-order chi connectivity index (χ0) is 11.0. The van der Waals surface area contributed by atoms with Gasteiger partial charge in [0, 0.05) is 13.1 Å². The summed E-state index contributed by atoms with van der Waals surface area (Å²) < 4.78 is 0. The fraction of sp³-hybridized carbons (Fsp3) is 0.909. The van der Waals surface area contributed by atoms with Crippen LogP contribution in [0.5, 0.6) is 0 Å². The van der Waals surface area contributed by atoms with Crippen LogP contribution < -0.4 is 0 Å². The molecule has 2 nitrogen and oxygen atoms in total. The average molecular weight is 218 g/mol. The molecular weight excluding hydrogens is 198 g/mol. The van der Waals surface area contributed by atoms with E-state index in [4.69, 9.17) is 11.6 Å². The normalized spacial score (nSPS) is 25.6. The van der Waals surface area contributed by atoms with Crippen molar-refractivity contribution in [3.05, 3.63) is 0 Å². The van der Waals surface area contributed by atoms with Crippen LogP contribution in [0.3, 0.4) is 0 Å². The molecule has 0 radical (unpaired) electrons. The van der Waals surface area contributed by atoms with Crippen molar-refractivity contribution < 1.29 is 4.79 Å². The van der Waals surface area contributed by atoms with Gasteiger partial charge < -0.3 is 4.90 Å². The molecule has 0 spiro atoms. The van der Waals surface area contributed by atoms with Gasteiger partial charge in [-0.05, 0) is 35.3 Å². The molecule has 0 atom stereocenters. The maximum atomic E-state index is 11.1. The number of nitrogens with zero attached hydrogens (tertiary/aromatic N) is 1. The van der Waals surface area contributed by atoms with E-state index < -0.39 is 0 Å². The SMILES string of the molecule is CC1(C)CCN(C(=O)Cl)CC(C)(C)C1. The standard InChI is InChI=1S/C11H20ClNO/c1-10(2)5-6-13(9(12)14)8-11(3,4)7-10/h5-8H2,1-4H3. The lowest BCUT2D eigenvalue weighted by atomic mass is 9.75. The summed E-state index contributed by atoms with van der Waals surface area (Å²) in [5, 5.41) is -0.309. The Morgan fingerprint density at radius 2 is 1.79 bits per heavy atom. The number of carbonyl (C=O) groups is 1. The lowest BCUT2D eigenvalue weighted by Crippen LogP contribution is -2.34. The number of halogens is 1. The van der Waals surface area contributed by atoms with Crippen LogP contribution in [0.25, 0.3) is 0 Å². The number of carbonyl (C=O) groups excluding carboxylic acids is 1. The van der Waals surface area contributed by atoms with Gasteiger partial charge >= 0.3 is 5.37 Å². The molecule has 1 fully saturated rings. The van der Waals surface area contributed by atoms with Gasteiger partial charge in [0.2, 0.25) is 0 Å². The van der Waals surface area contributed by atoms with Crippen molar-refractivity contribution in [2.75, 3.05) is 13.1 Å². The van der Waals surface area contributed by atoms with Crippen LogP contribution in [0.1, 0.15) is 40.5 Å². The lowest BCUT2D eigenvalue weighted by Gasteiger charge is -2.31. The summed E-state index contributed by atoms with van der Waals surface area (Å²) in [6.07, 6.45) is 2.18. The van der Waals surface area contributed by atoms with Gasteiger partial charge in [-0.3, -0.25) is 4.79 Å². The predicted octanol–water partition coefficient (Wildman–Crippen LogP) is 3.49. The third-order valence-electron chi connectivity index (χ3n) is 2.88. The van der Waals surface area contributed by atoms with E-state index in [-0.39, 0.29) is 10.8 Å². The van der Waals surface area contributed by atoms with E-state index in [0.717, 1.165) is 25.9 Å². The molecule has 0 aliphatic carbocycles. The lowest BCUT2D eigenvalue weighted by molar-refractivity contribution is 0.184. The minimum atomic E-state index is -0.309. The summed E-state index contributed by atoms with van der Waals surface area (Å²) in [7, 11) is 0. The van der Waals surface area contributed by atoms with Crippen molar-refractivity contribution in [2.24, 2.45) is 10.8 Å². The maximum Gasteiger partial charge on any atom is 0.316 e. The fourth-order valence-electron chi connectivity index (χ4n) is 2.62. The molecule has 1 saturated heterocycles. The Morgan fingerprint density at radius 1 is 1.21 bits per heavy atom. The summed E-state index contributed by atoms with van der Waals surface area (Å²) >= 11 is 5.54. The first-order chi connectivity index (χ1) is 6.22. The molecule has 0 bridgehead atoms. The molecule has 82 valence electrons. The van der Waals surface area contributed by atoms with Crippen LogP contribution in [0.15, 0.2) is 0 Å². The van der Waals surface area contributed by atoms with Crippen molar-refractivity contribution >= 4 is 17.0 Å². The highest BCUT2D eigenvalue weighted by Crippen LogP contribution is 2.39. The number of likely N-dealkylation sites (tertiary alicyclic amines) is 1. The second kappa shape index (κ2) is 3.73. The monoisotopic (exact) mass is 217 g/mol. The van der Waals surface area contributed by atoms with Crippen molar-refractivity contribution in [3.8, 4) is 0 Å². The molecule has 1 aliphatic heterocycles. The van der Waals surface area contributed by atoms with Crippen molar-refractivity contribution in [1.29, 1.82) is 0 Å². The maximum absolute atomic E-state index is 11.1. The van der Waals surface area contributed by atoms with Gasteiger partial charge in [-0.2, -0.15) is 0 Å². The first kappa shape index (κ1) is 11.8. The Kier molecular flexibility index (Phi) is 3.15. The minimum absolute atomic E-state index is 0.171. The van der Waals surface area contributed by atoms with Crippen LogP contribution in [0, 0.1) is 10.8 Å². The summed E-state index contributed by atoms with van der Waals surface area (Å²) in [5.74, 6) is 0. The zero-order valence-electron chi connectivity index (χ0n) is 9.56. The van der Waals surface area contributed by atoms with Gasteiger partial charge in [-0.15, -0.1) is 0 Å². The Balaban J connectivity index is 2.79. The number of rotatable bonds is 0. The molecule has 1 rings (SSSR count). The van der Waals surface area contributed by atoms with Crippen molar-refractivity contribution in [1.82, 2.24) is 4.90 Å². The summed E-state index contributed by atoms with van der Waals surface area (Å²) in [6, 6.07) is 0. The quantitative estimate of drug-likeness (QED) is 0.449. The van der Waals surface area contributed by atoms with Gasteiger partial charge in [0.15, 0.2) is 0 Å². The van der Waals surface area contributed by atoms with Crippen molar-refractivity contribution in [2.45, 2.75) is 40.5 Å². The molecular formula is C11H20ClNO. The first-order valence-electron chi connectivity index (χ1n) is 5.16. The largest absolute Gasteiger partial charge is 0.329 e. The van der Waals surface area contributed by atoms with Crippen LogP contribution in [-0.4, -0.2) is 23.4 Å². The molecule has 0 aromatic carbocycles. The van der Waals surface area contributed by atoms with E-state index in [2.05, 4.69) is 27.7 Å². The second-order valence-corrected chi connectivity index (χ2v) is 6.25. The first-order valence-corrected chi connectivity index (χ1v) is 5.54. The highest BCUT2D eigenvalue weighted by atomic mass is 35.5. The fourth-order valence-corrected chi connectivity index (χ4v) is 2.77. The number of hydrogen-bond acceptors (Lipinski definition) is 1. The highest BCUT2D eigenvalue weighted by Gasteiger charge is 2.35. The van der Waals surface area contributed by atoms with Gasteiger partial charge in [-0.1, -0.05) is 27.7 Å². The molecule has 0 aromatic heterocycles. The molecule has 1 amide bonds. The van der Waals surface area contributed by atoms with E-state index in [1.54, 1.807) is 4.90 Å². The zero-order valence-corrected chi connectivity index (χ0v) is 10.3. The molecule has 0 unspecified atom stereocenters. The Labute approximate surface area is 91.6 Å². The van der Waals surface area contributed by atoms with Crippen LogP contribution in [0.2, 0.25) is 0 Å². The van der Waals surface area contributed by atoms with E-state index in [1.807, 2.05) is 0 Å². The molecule has 0 aromatic rings. The predicted molar refractivity (Wildman–Crippen MR) is 59.6 cm³/mol. The minimum Gasteiger partial charge on any atom is -0.329 e. The third kappa shape index (κ3) is 3.16. The van der Waals surface area contributed by atoms with Crippen LogP contribution in [0.4, 0.5) is 4.79 Å². The highest BCUT2D eigenvalue weighted by molar-refractivity contribution is 6.62. The van der Waals surface area contributed by atoms with E-state index in [9.17, 15) is 4.79 Å². The molecule has 0 N–H and O–H groups in total. The van der Waals surface area contributed by atoms with E-state index >= 15 is 0 Å². The van der Waals surface area contributed by atoms with E-state index in [0.29, 0.717) is 5.41 Å². The molecule has 0 saturated carbocycles. The second-order valence-electron chi connectivity index (χ2n) is 5.93. The van der Waals surface area contributed by atoms with Crippen molar-refractivity contribution in [3.63, 3.8) is 0 Å². The number of hydrogen-bond donors (Lipinski definition) is 0. The topological polar surface area (TPSA) is 20.3 Å². The smallest absolute Gasteiger partial charge is 0.316 e. The van der Waals surface area contributed by atoms with Crippen LogP contribution >= 0.6 is 11.6 Å². The average Bonchev–Trinajstić information content (AvgIpc) is 2.04. The van der Waals surface area contributed by atoms with E-state index in [1.165, 1.54) is 0 Å². The molecule has 1 aliphatic rings. The molecule has 3 heteroatoms. The van der Waals surface area contributed by atoms with Gasteiger partial charge in [0.05, 0.1) is 0 Å².